The van der Waals surface area contributed by atoms with Crippen molar-refractivity contribution in [2.45, 2.75) is 25.8 Å². The van der Waals surface area contributed by atoms with Crippen LogP contribution in [-0.4, -0.2) is 50.9 Å². The smallest absolute Gasteiger partial charge is 0.323 e. The molecule has 9 heteroatoms. The summed E-state index contributed by atoms with van der Waals surface area (Å²) in [6, 6.07) is 11.5. The Bertz CT molecular complexity index is 1160. The first-order chi connectivity index (χ1) is 14.9. The van der Waals surface area contributed by atoms with E-state index in [1.54, 1.807) is 36.4 Å². The van der Waals surface area contributed by atoms with Crippen LogP contribution >= 0.6 is 0 Å². The van der Waals surface area contributed by atoms with Gasteiger partial charge in [-0.1, -0.05) is 12.1 Å². The number of imidazole rings is 1. The maximum Gasteiger partial charge on any atom is 0.323 e. The molecule has 1 atom stereocenters. The van der Waals surface area contributed by atoms with Gasteiger partial charge in [-0.2, -0.15) is 0 Å². The summed E-state index contributed by atoms with van der Waals surface area (Å²) in [5.41, 5.74) is 2.04. The Morgan fingerprint density at radius 3 is 2.52 bits per heavy atom. The molecule has 31 heavy (non-hydrogen) atoms. The summed E-state index contributed by atoms with van der Waals surface area (Å²) in [5.74, 6) is -0.388. The molecule has 0 radical (unpaired) electrons. The van der Waals surface area contributed by atoms with Gasteiger partial charge in [0.2, 0.25) is 11.8 Å². The van der Waals surface area contributed by atoms with Gasteiger partial charge in [0, 0.05) is 11.6 Å². The Morgan fingerprint density at radius 2 is 1.77 bits per heavy atom. The minimum absolute atomic E-state index is 0.0421. The quantitative estimate of drug-likeness (QED) is 0.402. The van der Waals surface area contributed by atoms with E-state index in [0.29, 0.717) is 48.3 Å². The number of carbonyl (C=O) groups is 2. The molecule has 1 saturated heterocycles. The molecule has 1 aromatic heterocycles. The van der Waals surface area contributed by atoms with E-state index >= 15 is 0 Å². The van der Waals surface area contributed by atoms with E-state index in [1.807, 2.05) is 6.92 Å². The van der Waals surface area contributed by atoms with Crippen LogP contribution in [0.5, 0.6) is 5.75 Å². The average molecular weight is 423 g/mol. The number of likely N-dealkylation sites (tertiary alicyclic amines) is 1. The first-order valence-corrected chi connectivity index (χ1v) is 10.3. The van der Waals surface area contributed by atoms with Gasteiger partial charge in [-0.05, 0) is 63.2 Å². The second kappa shape index (κ2) is 8.65. The molecule has 4 rings (SSSR count). The van der Waals surface area contributed by atoms with Crippen molar-refractivity contribution in [1.29, 1.82) is 0 Å². The minimum atomic E-state index is -0.358. The molecule has 0 spiro atoms. The molecule has 3 aromatic rings. The molecule has 2 amide bonds. The number of phenols is 1. The molecule has 1 aliphatic rings. The summed E-state index contributed by atoms with van der Waals surface area (Å²) in [5, 5.41) is 15.5. The predicted octanol–water partition coefficient (Wildman–Crippen LogP) is 2.24. The van der Waals surface area contributed by atoms with Crippen LogP contribution in [0.3, 0.4) is 0 Å². The molecule has 2 aromatic carbocycles. The molecular formula is C22H25N5O4. The van der Waals surface area contributed by atoms with Crippen LogP contribution < -0.4 is 16.3 Å². The van der Waals surface area contributed by atoms with E-state index in [-0.39, 0.29) is 35.2 Å². The number of fused-ring (bicyclic) bond motifs is 1. The molecule has 0 unspecified atom stereocenters. The van der Waals surface area contributed by atoms with Crippen molar-refractivity contribution in [2.75, 3.05) is 23.7 Å². The highest BCUT2D eigenvalue weighted by Crippen LogP contribution is 2.25. The van der Waals surface area contributed by atoms with Crippen molar-refractivity contribution in [1.82, 2.24) is 14.9 Å². The molecule has 2 heterocycles. The van der Waals surface area contributed by atoms with Gasteiger partial charge in [-0.15, -0.1) is 0 Å². The van der Waals surface area contributed by atoms with Gasteiger partial charge in [0.05, 0.1) is 22.8 Å². The number of aromatic hydroxyl groups is 1. The highest BCUT2D eigenvalue weighted by Gasteiger charge is 2.30. The maximum atomic E-state index is 12.7. The zero-order valence-electron chi connectivity index (χ0n) is 17.1. The van der Waals surface area contributed by atoms with Crippen LogP contribution in [0.25, 0.3) is 11.0 Å². The number of aromatic amines is 2. The monoisotopic (exact) mass is 423 g/mol. The third kappa shape index (κ3) is 4.61. The highest BCUT2D eigenvalue weighted by atomic mass is 16.3. The topological polar surface area (TPSA) is 130 Å². The van der Waals surface area contributed by atoms with E-state index < -0.39 is 0 Å². The largest absolute Gasteiger partial charge is 0.506 e. The summed E-state index contributed by atoms with van der Waals surface area (Å²) < 4.78 is 0. The number of nitrogens with one attached hydrogen (secondary N) is 4. The Hall–Kier alpha value is -3.59. The van der Waals surface area contributed by atoms with Gasteiger partial charge in [0.15, 0.2) is 0 Å². The number of amides is 2. The molecule has 162 valence electrons. The zero-order chi connectivity index (χ0) is 22.0. The fourth-order valence-electron chi connectivity index (χ4n) is 3.89. The fraction of sp³-hybridized carbons (Fsp3) is 0.318. The van der Waals surface area contributed by atoms with Crippen LogP contribution in [0.15, 0.2) is 47.3 Å². The van der Waals surface area contributed by atoms with Crippen molar-refractivity contribution in [3.63, 3.8) is 0 Å². The number of hydrogen-bond acceptors (Lipinski definition) is 5. The molecular weight excluding hydrogens is 398 g/mol. The number of carbonyl (C=O) groups excluding carboxylic acids is 2. The van der Waals surface area contributed by atoms with E-state index in [0.717, 1.165) is 0 Å². The molecule has 1 fully saturated rings. The summed E-state index contributed by atoms with van der Waals surface area (Å²) in [7, 11) is 0. The summed E-state index contributed by atoms with van der Waals surface area (Å²) in [4.78, 5) is 44.0. The van der Waals surface area contributed by atoms with E-state index in [4.69, 9.17) is 0 Å². The Morgan fingerprint density at radius 1 is 1.06 bits per heavy atom. The van der Waals surface area contributed by atoms with Crippen LogP contribution in [-0.2, 0) is 9.59 Å². The molecule has 0 aliphatic carbocycles. The van der Waals surface area contributed by atoms with Gasteiger partial charge in [-0.3, -0.25) is 14.5 Å². The number of anilines is 2. The molecule has 0 bridgehead atoms. The molecule has 1 aliphatic heterocycles. The van der Waals surface area contributed by atoms with Crippen molar-refractivity contribution in [2.24, 2.45) is 5.92 Å². The highest BCUT2D eigenvalue weighted by molar-refractivity contribution is 5.96. The van der Waals surface area contributed by atoms with Crippen LogP contribution in [0.1, 0.15) is 19.8 Å². The van der Waals surface area contributed by atoms with Gasteiger partial charge >= 0.3 is 5.69 Å². The lowest BCUT2D eigenvalue weighted by Crippen LogP contribution is -2.47. The van der Waals surface area contributed by atoms with Crippen molar-refractivity contribution < 1.29 is 14.7 Å². The third-order valence-electron chi connectivity index (χ3n) is 5.77. The van der Waals surface area contributed by atoms with Gasteiger partial charge in [0.1, 0.15) is 5.75 Å². The lowest BCUT2D eigenvalue weighted by Gasteiger charge is -2.34. The number of nitrogens with zero attached hydrogens (tertiary/aromatic N) is 1. The first-order valence-electron chi connectivity index (χ1n) is 10.3. The normalized spacial score (nSPS) is 16.2. The minimum Gasteiger partial charge on any atom is -0.506 e. The maximum absolute atomic E-state index is 12.7. The van der Waals surface area contributed by atoms with Crippen molar-refractivity contribution in [3.8, 4) is 5.75 Å². The van der Waals surface area contributed by atoms with E-state index in [9.17, 15) is 19.5 Å². The number of para-hydroxylation sites is 2. The number of aromatic nitrogens is 2. The Balaban J connectivity index is 1.31. The number of H-pyrrole nitrogens is 2. The third-order valence-corrected chi connectivity index (χ3v) is 5.77. The van der Waals surface area contributed by atoms with Crippen LogP contribution in [0.2, 0.25) is 0 Å². The van der Waals surface area contributed by atoms with Crippen molar-refractivity contribution >= 4 is 34.2 Å². The molecule has 9 nitrogen and oxygen atoms in total. The molecule has 0 saturated carbocycles. The number of piperidine rings is 1. The number of hydrogen-bond donors (Lipinski definition) is 5. The van der Waals surface area contributed by atoms with E-state index in [1.165, 1.54) is 6.07 Å². The van der Waals surface area contributed by atoms with Gasteiger partial charge in [0.25, 0.3) is 0 Å². The lowest BCUT2D eigenvalue weighted by atomic mass is 9.94. The second-order valence-corrected chi connectivity index (χ2v) is 7.82. The van der Waals surface area contributed by atoms with E-state index in [2.05, 4.69) is 25.5 Å². The summed E-state index contributed by atoms with van der Waals surface area (Å²) in [6.45, 7) is 3.09. The summed E-state index contributed by atoms with van der Waals surface area (Å²) in [6.07, 6.45) is 1.27. The van der Waals surface area contributed by atoms with Gasteiger partial charge < -0.3 is 25.7 Å². The predicted molar refractivity (Wildman–Crippen MR) is 118 cm³/mol. The second-order valence-electron chi connectivity index (χ2n) is 7.82. The van der Waals surface area contributed by atoms with Crippen LogP contribution in [0, 0.1) is 5.92 Å². The number of benzene rings is 2. The zero-order valence-corrected chi connectivity index (χ0v) is 17.1. The summed E-state index contributed by atoms with van der Waals surface area (Å²) >= 11 is 0. The number of phenolic OH excluding ortho intramolecular Hbond substituents is 1. The Labute approximate surface area is 178 Å². The van der Waals surface area contributed by atoms with Crippen molar-refractivity contribution in [3.05, 3.63) is 52.9 Å². The first kappa shape index (κ1) is 20.7. The molecule has 5 N–H and O–H groups in total. The van der Waals surface area contributed by atoms with Gasteiger partial charge in [-0.25, -0.2) is 4.79 Å². The number of rotatable bonds is 5. The van der Waals surface area contributed by atoms with Crippen LogP contribution in [0.4, 0.5) is 11.4 Å². The lowest BCUT2D eigenvalue weighted by molar-refractivity contribution is -0.123. The average Bonchev–Trinajstić information content (AvgIpc) is 3.14. The fourth-order valence-corrected chi connectivity index (χ4v) is 3.89. The SMILES string of the molecule is C[C@H](C(=O)Nc1ccc2[nH]c(=O)[nH]c2c1)N1CCC(C(=O)Nc2ccccc2O)CC1. The standard InChI is InChI=1S/C22H25N5O4/c1-13(20(29)23-15-6-7-16-18(12-15)26-22(31)25-16)27-10-8-14(9-11-27)21(30)24-17-4-2-3-5-19(17)28/h2-7,12-14,28H,8-11H2,1H3,(H,23,29)(H,24,30)(H2,25,26,31)/t13-/m1/s1. The Kier molecular flexibility index (Phi) is 5.77.